The van der Waals surface area contributed by atoms with Crippen molar-refractivity contribution in [1.82, 2.24) is 0 Å². The smallest absolute Gasteiger partial charge is 0.249 e. The number of amides is 1. The molecule has 1 amide bonds. The number of hydrogen-bond acceptors (Lipinski definition) is 5. The Hall–Kier alpha value is -3.25. The van der Waals surface area contributed by atoms with Gasteiger partial charge < -0.3 is 4.74 Å². The van der Waals surface area contributed by atoms with Gasteiger partial charge in [0.15, 0.2) is 5.78 Å². The molecule has 3 aromatic rings. The average molecular weight is 419 g/mol. The van der Waals surface area contributed by atoms with E-state index in [9.17, 15) is 9.59 Å². The summed E-state index contributed by atoms with van der Waals surface area (Å²) in [5.74, 6) is 0.388. The molecule has 6 heteroatoms. The zero-order chi connectivity index (χ0) is 21.3. The molecule has 1 aliphatic heterocycles. The summed E-state index contributed by atoms with van der Waals surface area (Å²) in [5, 5.41) is 0.789. The third-order valence-electron chi connectivity index (χ3n) is 5.28. The summed E-state index contributed by atoms with van der Waals surface area (Å²) < 4.78 is 5.16. The van der Waals surface area contributed by atoms with Crippen molar-refractivity contribution < 1.29 is 14.3 Å². The predicted octanol–water partition coefficient (Wildman–Crippen LogP) is 4.44. The van der Waals surface area contributed by atoms with E-state index < -0.39 is 0 Å². The number of hydrogen-bond donors (Lipinski definition) is 0. The van der Waals surface area contributed by atoms with Crippen molar-refractivity contribution in [2.75, 3.05) is 25.1 Å². The number of carbonyl (C=O) groups excluding carboxylic acids is 2. The van der Waals surface area contributed by atoms with Gasteiger partial charge in [-0.3, -0.25) is 19.5 Å². The maximum atomic E-state index is 13.0. The maximum Gasteiger partial charge on any atom is 0.249 e. The Morgan fingerprint density at radius 1 is 1.10 bits per heavy atom. The highest BCUT2D eigenvalue weighted by Crippen LogP contribution is 2.38. The third kappa shape index (κ3) is 3.66. The van der Waals surface area contributed by atoms with Crippen LogP contribution in [0.1, 0.15) is 31.9 Å². The molecule has 0 bridgehead atoms. The molecule has 0 atom stereocenters. The SMILES string of the molecule is COc1ccc(C(=O)CN2C(=O)CN=C(c3ccccc3)c3c2sc(C)c3C)cc1. The highest BCUT2D eigenvalue weighted by Gasteiger charge is 2.30. The standard InChI is InChI=1S/C24H22N2O3S/c1-15-16(2)30-24-22(15)23(18-7-5-4-6-8-18)25-13-21(28)26(24)14-20(27)17-9-11-19(29-3)12-10-17/h4-12H,13-14H2,1-3H3. The molecular formula is C24H22N2O3S. The summed E-state index contributed by atoms with van der Waals surface area (Å²) in [5.41, 5.74) is 4.35. The molecule has 0 saturated carbocycles. The number of nitrogens with zero attached hydrogens (tertiary/aromatic N) is 2. The molecule has 0 unspecified atom stereocenters. The number of ether oxygens (including phenoxy) is 1. The Bertz CT molecular complexity index is 1130. The van der Waals surface area contributed by atoms with Crippen LogP contribution in [0.5, 0.6) is 5.75 Å². The molecule has 0 aliphatic carbocycles. The van der Waals surface area contributed by atoms with Crippen LogP contribution in [0.4, 0.5) is 5.00 Å². The van der Waals surface area contributed by atoms with Gasteiger partial charge in [-0.2, -0.15) is 0 Å². The molecule has 152 valence electrons. The fourth-order valence-corrected chi connectivity index (χ4v) is 4.68. The van der Waals surface area contributed by atoms with Gasteiger partial charge in [0.05, 0.1) is 19.4 Å². The van der Waals surface area contributed by atoms with E-state index in [1.165, 1.54) is 11.3 Å². The van der Waals surface area contributed by atoms with E-state index in [1.54, 1.807) is 36.3 Å². The van der Waals surface area contributed by atoms with Crippen LogP contribution in [0, 0.1) is 13.8 Å². The minimum absolute atomic E-state index is 0.0139. The van der Waals surface area contributed by atoms with E-state index in [0.717, 1.165) is 32.3 Å². The number of thiophene rings is 1. The van der Waals surface area contributed by atoms with E-state index in [1.807, 2.05) is 44.2 Å². The molecule has 0 saturated heterocycles. The minimum Gasteiger partial charge on any atom is -0.497 e. The van der Waals surface area contributed by atoms with Crippen molar-refractivity contribution in [1.29, 1.82) is 0 Å². The number of aryl methyl sites for hydroxylation is 1. The number of carbonyl (C=O) groups is 2. The van der Waals surface area contributed by atoms with E-state index in [2.05, 4.69) is 4.99 Å². The number of aliphatic imine (C=N–C) groups is 1. The fourth-order valence-electron chi connectivity index (χ4n) is 3.51. The Morgan fingerprint density at radius 3 is 2.47 bits per heavy atom. The Morgan fingerprint density at radius 2 is 1.80 bits per heavy atom. The number of methoxy groups -OCH3 is 1. The zero-order valence-corrected chi connectivity index (χ0v) is 18.0. The van der Waals surface area contributed by atoms with Gasteiger partial charge >= 0.3 is 0 Å². The summed E-state index contributed by atoms with van der Waals surface area (Å²) >= 11 is 1.54. The van der Waals surface area contributed by atoms with Crippen LogP contribution in [0.2, 0.25) is 0 Å². The van der Waals surface area contributed by atoms with E-state index in [4.69, 9.17) is 4.74 Å². The number of fused-ring (bicyclic) bond motifs is 1. The third-order valence-corrected chi connectivity index (χ3v) is 6.51. The first-order valence-electron chi connectivity index (χ1n) is 9.67. The zero-order valence-electron chi connectivity index (χ0n) is 17.1. The van der Waals surface area contributed by atoms with E-state index in [0.29, 0.717) is 11.3 Å². The van der Waals surface area contributed by atoms with Crippen LogP contribution in [-0.2, 0) is 4.79 Å². The summed E-state index contributed by atoms with van der Waals surface area (Å²) in [7, 11) is 1.58. The molecule has 2 heterocycles. The molecule has 30 heavy (non-hydrogen) atoms. The predicted molar refractivity (Wildman–Crippen MR) is 120 cm³/mol. The van der Waals surface area contributed by atoms with Crippen molar-refractivity contribution in [3.05, 3.63) is 81.7 Å². The monoisotopic (exact) mass is 418 g/mol. The molecule has 0 fully saturated rings. The number of ketones is 1. The van der Waals surface area contributed by atoms with Crippen LogP contribution in [0.25, 0.3) is 0 Å². The van der Waals surface area contributed by atoms with Crippen molar-refractivity contribution in [3.8, 4) is 5.75 Å². The second kappa shape index (κ2) is 8.24. The van der Waals surface area contributed by atoms with Crippen molar-refractivity contribution in [2.45, 2.75) is 13.8 Å². The number of benzene rings is 2. The van der Waals surface area contributed by atoms with Gasteiger partial charge in [-0.15, -0.1) is 11.3 Å². The molecule has 1 aromatic heterocycles. The van der Waals surface area contributed by atoms with Gasteiger partial charge in [0.25, 0.3) is 0 Å². The first-order chi connectivity index (χ1) is 14.5. The summed E-state index contributed by atoms with van der Waals surface area (Å²) in [6.45, 7) is 4.07. The molecule has 1 aliphatic rings. The lowest BCUT2D eigenvalue weighted by Crippen LogP contribution is -2.36. The van der Waals surface area contributed by atoms with Crippen molar-refractivity contribution in [3.63, 3.8) is 0 Å². The normalized spacial score (nSPS) is 13.5. The highest BCUT2D eigenvalue weighted by molar-refractivity contribution is 7.17. The van der Waals surface area contributed by atoms with Gasteiger partial charge in [-0.05, 0) is 43.7 Å². The number of rotatable bonds is 5. The first-order valence-corrected chi connectivity index (χ1v) is 10.5. The van der Waals surface area contributed by atoms with E-state index >= 15 is 0 Å². The quantitative estimate of drug-likeness (QED) is 0.576. The summed E-state index contributed by atoms with van der Waals surface area (Å²) in [6.07, 6.45) is 0. The van der Waals surface area contributed by atoms with Gasteiger partial charge in [0.1, 0.15) is 17.3 Å². The van der Waals surface area contributed by atoms with E-state index in [-0.39, 0.29) is 24.8 Å². The molecule has 4 rings (SSSR count). The molecule has 0 N–H and O–H groups in total. The first kappa shape index (κ1) is 20.0. The fraction of sp³-hybridized carbons (Fsp3) is 0.208. The van der Waals surface area contributed by atoms with Crippen LogP contribution in [-0.4, -0.2) is 37.6 Å². The van der Waals surface area contributed by atoms with Gasteiger partial charge in [-0.1, -0.05) is 30.3 Å². The molecular weight excluding hydrogens is 396 g/mol. The maximum absolute atomic E-state index is 13.0. The second-order valence-corrected chi connectivity index (χ2v) is 8.33. The largest absolute Gasteiger partial charge is 0.497 e. The van der Waals surface area contributed by atoms with Crippen LogP contribution < -0.4 is 9.64 Å². The highest BCUT2D eigenvalue weighted by atomic mass is 32.1. The molecule has 5 nitrogen and oxygen atoms in total. The lowest BCUT2D eigenvalue weighted by Gasteiger charge is -2.20. The average Bonchev–Trinajstić information content (AvgIpc) is 2.99. The molecule has 0 spiro atoms. The molecule has 2 aromatic carbocycles. The summed E-state index contributed by atoms with van der Waals surface area (Å²) in [4.78, 5) is 33.3. The van der Waals surface area contributed by atoms with Gasteiger partial charge in [0.2, 0.25) is 5.91 Å². The topological polar surface area (TPSA) is 59.0 Å². The minimum atomic E-state index is -0.176. The lowest BCUT2D eigenvalue weighted by molar-refractivity contribution is -0.117. The van der Waals surface area contributed by atoms with Gasteiger partial charge in [0, 0.05) is 21.6 Å². The molecule has 0 radical (unpaired) electrons. The van der Waals surface area contributed by atoms with Crippen LogP contribution in [0.3, 0.4) is 0 Å². The Balaban J connectivity index is 1.73. The van der Waals surface area contributed by atoms with Crippen LogP contribution in [0.15, 0.2) is 59.6 Å². The summed E-state index contributed by atoms with van der Waals surface area (Å²) in [6, 6.07) is 16.8. The number of Topliss-reactive ketones (excluding diaryl/α,β-unsaturated/α-hetero) is 1. The Kier molecular flexibility index (Phi) is 5.50. The Labute approximate surface area is 179 Å². The van der Waals surface area contributed by atoms with Crippen LogP contribution >= 0.6 is 11.3 Å². The van der Waals surface area contributed by atoms with Crippen molar-refractivity contribution >= 4 is 33.7 Å². The van der Waals surface area contributed by atoms with Crippen molar-refractivity contribution in [2.24, 2.45) is 4.99 Å². The number of anilines is 1. The van der Waals surface area contributed by atoms with Gasteiger partial charge in [-0.25, -0.2) is 0 Å². The second-order valence-electron chi connectivity index (χ2n) is 7.13. The lowest BCUT2D eigenvalue weighted by atomic mass is 10.00.